The SMILES string of the molecule is Cc1ccc(S(=O)(=O)Nc2ccc(N3CCCS3(=O)=O)cc2)cc1. The van der Waals surface area contributed by atoms with Crippen LogP contribution in [0.3, 0.4) is 0 Å². The van der Waals surface area contributed by atoms with Crippen LogP contribution in [-0.2, 0) is 20.0 Å². The van der Waals surface area contributed by atoms with E-state index in [2.05, 4.69) is 4.72 Å². The highest BCUT2D eigenvalue weighted by molar-refractivity contribution is 7.93. The largest absolute Gasteiger partial charge is 0.280 e. The first-order valence-corrected chi connectivity index (χ1v) is 10.6. The van der Waals surface area contributed by atoms with Crippen molar-refractivity contribution in [3.05, 3.63) is 54.1 Å². The topological polar surface area (TPSA) is 83.6 Å². The number of aryl methyl sites for hydroxylation is 1. The molecule has 8 heteroatoms. The second kappa shape index (κ2) is 6.10. The van der Waals surface area contributed by atoms with Gasteiger partial charge >= 0.3 is 0 Å². The molecule has 1 aliphatic heterocycles. The molecule has 0 amide bonds. The minimum absolute atomic E-state index is 0.148. The van der Waals surface area contributed by atoms with Crippen molar-refractivity contribution in [3.8, 4) is 0 Å². The van der Waals surface area contributed by atoms with E-state index in [1.165, 1.54) is 4.31 Å². The molecule has 0 atom stereocenters. The van der Waals surface area contributed by atoms with Gasteiger partial charge in [0.2, 0.25) is 10.0 Å². The molecule has 1 N–H and O–H groups in total. The number of rotatable bonds is 4. The van der Waals surface area contributed by atoms with Gasteiger partial charge in [0.05, 0.1) is 16.3 Å². The number of hydrogen-bond acceptors (Lipinski definition) is 4. The number of nitrogens with zero attached hydrogens (tertiary/aromatic N) is 1. The first-order valence-electron chi connectivity index (χ1n) is 7.48. The van der Waals surface area contributed by atoms with Crippen molar-refractivity contribution in [2.75, 3.05) is 21.3 Å². The standard InChI is InChI=1S/C16H18N2O4S2/c1-13-3-9-16(10-4-13)24(21,22)17-14-5-7-15(8-6-14)18-11-2-12-23(18,19)20/h3-10,17H,2,11-12H2,1H3. The normalized spacial score (nSPS) is 17.0. The van der Waals surface area contributed by atoms with E-state index in [1.54, 1.807) is 48.5 Å². The third-order valence-corrected chi connectivity index (χ3v) is 7.10. The van der Waals surface area contributed by atoms with Crippen LogP contribution in [-0.4, -0.2) is 29.1 Å². The molecule has 0 spiro atoms. The Balaban J connectivity index is 1.80. The molecule has 128 valence electrons. The highest BCUT2D eigenvalue weighted by atomic mass is 32.2. The van der Waals surface area contributed by atoms with Crippen molar-refractivity contribution in [1.29, 1.82) is 0 Å². The molecular weight excluding hydrogens is 348 g/mol. The van der Waals surface area contributed by atoms with Crippen LogP contribution in [0.15, 0.2) is 53.4 Å². The Bertz CT molecular complexity index is 935. The molecule has 1 saturated heterocycles. The van der Waals surface area contributed by atoms with Crippen molar-refractivity contribution in [2.45, 2.75) is 18.2 Å². The molecular formula is C16H18N2O4S2. The van der Waals surface area contributed by atoms with Crippen molar-refractivity contribution >= 4 is 31.4 Å². The van der Waals surface area contributed by atoms with Gasteiger partial charge in [0, 0.05) is 12.2 Å². The van der Waals surface area contributed by atoms with Crippen LogP contribution in [0.2, 0.25) is 0 Å². The zero-order chi connectivity index (χ0) is 17.4. The van der Waals surface area contributed by atoms with E-state index < -0.39 is 20.0 Å². The smallest absolute Gasteiger partial charge is 0.261 e. The Hall–Kier alpha value is -2.06. The second-order valence-corrected chi connectivity index (χ2v) is 9.40. The van der Waals surface area contributed by atoms with Gasteiger partial charge < -0.3 is 0 Å². The summed E-state index contributed by atoms with van der Waals surface area (Å²) in [5.74, 6) is 0.148. The summed E-state index contributed by atoms with van der Waals surface area (Å²) in [6.07, 6.45) is 0.601. The molecule has 0 radical (unpaired) electrons. The fourth-order valence-electron chi connectivity index (χ4n) is 2.56. The van der Waals surface area contributed by atoms with E-state index in [-0.39, 0.29) is 10.6 Å². The summed E-state index contributed by atoms with van der Waals surface area (Å²) in [5, 5.41) is 0. The summed E-state index contributed by atoms with van der Waals surface area (Å²) in [6, 6.07) is 12.9. The minimum Gasteiger partial charge on any atom is -0.280 e. The molecule has 1 fully saturated rings. The average molecular weight is 366 g/mol. The first-order chi connectivity index (χ1) is 11.3. The Kier molecular flexibility index (Phi) is 4.27. The second-order valence-electron chi connectivity index (χ2n) is 5.71. The zero-order valence-electron chi connectivity index (χ0n) is 13.1. The van der Waals surface area contributed by atoms with Crippen molar-refractivity contribution in [1.82, 2.24) is 0 Å². The van der Waals surface area contributed by atoms with Crippen LogP contribution in [0.1, 0.15) is 12.0 Å². The maximum atomic E-state index is 12.3. The van der Waals surface area contributed by atoms with Crippen LogP contribution in [0.5, 0.6) is 0 Å². The van der Waals surface area contributed by atoms with Crippen LogP contribution >= 0.6 is 0 Å². The van der Waals surface area contributed by atoms with Gasteiger partial charge in [-0.3, -0.25) is 9.03 Å². The van der Waals surface area contributed by atoms with E-state index in [1.807, 2.05) is 6.92 Å². The molecule has 3 rings (SSSR count). The van der Waals surface area contributed by atoms with Crippen molar-refractivity contribution in [2.24, 2.45) is 0 Å². The molecule has 1 aliphatic rings. The number of sulfonamides is 2. The Morgan fingerprint density at radius 1 is 1.00 bits per heavy atom. The van der Waals surface area contributed by atoms with Crippen molar-refractivity contribution < 1.29 is 16.8 Å². The lowest BCUT2D eigenvalue weighted by Crippen LogP contribution is -2.25. The number of anilines is 2. The van der Waals surface area contributed by atoms with Crippen molar-refractivity contribution in [3.63, 3.8) is 0 Å². The lowest BCUT2D eigenvalue weighted by molar-refractivity contribution is 0.598. The van der Waals surface area contributed by atoms with E-state index in [4.69, 9.17) is 0 Å². The van der Waals surface area contributed by atoms with Crippen LogP contribution < -0.4 is 9.03 Å². The van der Waals surface area contributed by atoms with Crippen LogP contribution in [0.4, 0.5) is 11.4 Å². The lowest BCUT2D eigenvalue weighted by atomic mass is 10.2. The third-order valence-electron chi connectivity index (χ3n) is 3.84. The fraction of sp³-hybridized carbons (Fsp3) is 0.250. The average Bonchev–Trinajstić information content (AvgIpc) is 2.87. The predicted octanol–water partition coefficient (Wildman–Crippen LogP) is 2.34. The summed E-state index contributed by atoms with van der Waals surface area (Å²) in [5.41, 5.74) is 1.91. The Morgan fingerprint density at radius 3 is 2.17 bits per heavy atom. The summed E-state index contributed by atoms with van der Waals surface area (Å²) in [4.78, 5) is 0.180. The number of hydrogen-bond donors (Lipinski definition) is 1. The zero-order valence-corrected chi connectivity index (χ0v) is 14.8. The van der Waals surface area contributed by atoms with Gasteiger partial charge in [-0.15, -0.1) is 0 Å². The monoisotopic (exact) mass is 366 g/mol. The van der Waals surface area contributed by atoms with Gasteiger partial charge in [0.25, 0.3) is 10.0 Å². The van der Waals surface area contributed by atoms with Gasteiger partial charge in [0.15, 0.2) is 0 Å². The lowest BCUT2D eigenvalue weighted by Gasteiger charge is -2.17. The molecule has 0 aromatic heterocycles. The van der Waals surface area contributed by atoms with E-state index in [0.717, 1.165) is 5.56 Å². The summed E-state index contributed by atoms with van der Waals surface area (Å²) < 4.78 is 52.3. The summed E-state index contributed by atoms with van der Waals surface area (Å²) in [6.45, 7) is 2.34. The third kappa shape index (κ3) is 3.39. The Morgan fingerprint density at radius 2 is 1.62 bits per heavy atom. The van der Waals surface area contributed by atoms with E-state index in [0.29, 0.717) is 24.3 Å². The number of nitrogens with one attached hydrogen (secondary N) is 1. The fourth-order valence-corrected chi connectivity index (χ4v) is 5.18. The molecule has 2 aromatic rings. The summed E-state index contributed by atoms with van der Waals surface area (Å²) >= 11 is 0. The molecule has 2 aromatic carbocycles. The number of benzene rings is 2. The van der Waals surface area contributed by atoms with E-state index >= 15 is 0 Å². The predicted molar refractivity (Wildman–Crippen MR) is 94.2 cm³/mol. The van der Waals surface area contributed by atoms with Gasteiger partial charge in [-0.05, 0) is 49.7 Å². The summed E-state index contributed by atoms with van der Waals surface area (Å²) in [7, 11) is -6.91. The van der Waals surface area contributed by atoms with Crippen LogP contribution in [0.25, 0.3) is 0 Å². The van der Waals surface area contributed by atoms with Gasteiger partial charge in [-0.25, -0.2) is 16.8 Å². The highest BCUT2D eigenvalue weighted by Gasteiger charge is 2.28. The quantitative estimate of drug-likeness (QED) is 0.900. The van der Waals surface area contributed by atoms with Gasteiger partial charge in [0.1, 0.15) is 0 Å². The maximum Gasteiger partial charge on any atom is 0.261 e. The highest BCUT2D eigenvalue weighted by Crippen LogP contribution is 2.26. The van der Waals surface area contributed by atoms with Gasteiger partial charge in [-0.2, -0.15) is 0 Å². The first kappa shape index (κ1) is 16.8. The minimum atomic E-state index is -3.67. The molecule has 0 saturated carbocycles. The van der Waals surface area contributed by atoms with Gasteiger partial charge in [-0.1, -0.05) is 17.7 Å². The Labute approximate surface area is 142 Å². The molecule has 6 nitrogen and oxygen atoms in total. The van der Waals surface area contributed by atoms with E-state index in [9.17, 15) is 16.8 Å². The van der Waals surface area contributed by atoms with Crippen LogP contribution in [0, 0.1) is 6.92 Å². The molecule has 0 bridgehead atoms. The molecule has 1 heterocycles. The molecule has 0 aliphatic carbocycles. The maximum absolute atomic E-state index is 12.3. The molecule has 0 unspecified atom stereocenters. The molecule has 24 heavy (non-hydrogen) atoms.